The second-order valence-electron chi connectivity index (χ2n) is 2.17. The summed E-state index contributed by atoms with van der Waals surface area (Å²) >= 11 is 0. The van der Waals surface area contributed by atoms with Crippen molar-refractivity contribution < 1.29 is 0 Å². The summed E-state index contributed by atoms with van der Waals surface area (Å²) in [5.41, 5.74) is 0. The third kappa shape index (κ3) is 0.947. The monoisotopic (exact) mass is 149 g/mol. The fourth-order valence-corrected chi connectivity index (χ4v) is 0.919. The van der Waals surface area contributed by atoms with Crippen LogP contribution in [-0.4, -0.2) is 30.2 Å². The predicted molar refractivity (Wildman–Crippen MR) is 43.4 cm³/mol. The molecule has 0 amide bonds. The fourth-order valence-electron chi connectivity index (χ4n) is 0.919. The van der Waals surface area contributed by atoms with Crippen LogP contribution < -0.4 is 5.84 Å². The third-order valence-electron chi connectivity index (χ3n) is 1.42. The van der Waals surface area contributed by atoms with Gasteiger partial charge in [0.15, 0.2) is 11.6 Å². The SMILES string of the molecule is NN1CC=NC1=C1N=CC=N1. The lowest BCUT2D eigenvalue weighted by Crippen LogP contribution is -2.27. The molecule has 0 saturated carbocycles. The van der Waals surface area contributed by atoms with Crippen molar-refractivity contribution in [3.05, 3.63) is 11.6 Å². The van der Waals surface area contributed by atoms with Gasteiger partial charge in [0, 0.05) is 18.6 Å². The van der Waals surface area contributed by atoms with Crippen molar-refractivity contribution in [2.75, 3.05) is 6.54 Å². The van der Waals surface area contributed by atoms with E-state index in [-0.39, 0.29) is 0 Å². The van der Waals surface area contributed by atoms with Gasteiger partial charge in [0.2, 0.25) is 0 Å². The number of hydrogen-bond donors (Lipinski definition) is 1. The minimum absolute atomic E-state index is 0.584. The summed E-state index contributed by atoms with van der Waals surface area (Å²) in [4.78, 5) is 12.0. The van der Waals surface area contributed by atoms with Gasteiger partial charge in [0.05, 0.1) is 6.54 Å². The lowest BCUT2D eigenvalue weighted by atomic mass is 10.6. The molecule has 0 unspecified atom stereocenters. The van der Waals surface area contributed by atoms with Gasteiger partial charge in [-0.05, 0) is 0 Å². The van der Waals surface area contributed by atoms with Crippen LogP contribution in [0, 0.1) is 0 Å². The van der Waals surface area contributed by atoms with Crippen LogP contribution in [0.25, 0.3) is 0 Å². The summed E-state index contributed by atoms with van der Waals surface area (Å²) < 4.78 is 0. The first-order valence-electron chi connectivity index (χ1n) is 3.24. The van der Waals surface area contributed by atoms with Gasteiger partial charge in [0.25, 0.3) is 0 Å². The largest absolute Gasteiger partial charge is 0.286 e. The molecule has 2 N–H and O–H groups in total. The van der Waals surface area contributed by atoms with E-state index in [0.717, 1.165) is 0 Å². The molecule has 2 heterocycles. The first-order valence-corrected chi connectivity index (χ1v) is 3.24. The first kappa shape index (κ1) is 6.23. The molecule has 0 aromatic heterocycles. The average Bonchev–Trinajstić information content (AvgIpc) is 2.55. The molecule has 2 rings (SSSR count). The van der Waals surface area contributed by atoms with Gasteiger partial charge in [0.1, 0.15) is 0 Å². The fraction of sp³-hybridized carbons (Fsp3) is 0.167. The van der Waals surface area contributed by atoms with Crippen molar-refractivity contribution in [3.8, 4) is 0 Å². The minimum atomic E-state index is 0.584. The van der Waals surface area contributed by atoms with Crippen molar-refractivity contribution >= 4 is 18.6 Å². The van der Waals surface area contributed by atoms with E-state index in [4.69, 9.17) is 5.84 Å². The van der Waals surface area contributed by atoms with E-state index < -0.39 is 0 Å². The van der Waals surface area contributed by atoms with Crippen molar-refractivity contribution in [2.45, 2.75) is 0 Å². The quantitative estimate of drug-likeness (QED) is 0.473. The number of rotatable bonds is 0. The highest BCUT2D eigenvalue weighted by Gasteiger charge is 2.14. The molecule has 0 fully saturated rings. The number of nitrogens with zero attached hydrogens (tertiary/aromatic N) is 4. The molecule has 0 atom stereocenters. The molecule has 2 aliphatic heterocycles. The standard InChI is InChI=1S/C6H7N5/c7-11-4-3-10-6(11)5-8-1-2-9-5/h1-3H,4,7H2. The van der Waals surface area contributed by atoms with Crippen LogP contribution in [0.1, 0.15) is 0 Å². The van der Waals surface area contributed by atoms with Crippen LogP contribution in [-0.2, 0) is 0 Å². The number of nitrogens with two attached hydrogens (primary N) is 1. The lowest BCUT2D eigenvalue weighted by Gasteiger charge is -2.09. The first-order chi connectivity index (χ1) is 5.38. The van der Waals surface area contributed by atoms with Crippen molar-refractivity contribution in [3.63, 3.8) is 0 Å². The summed E-state index contributed by atoms with van der Waals surface area (Å²) in [7, 11) is 0. The van der Waals surface area contributed by atoms with E-state index in [9.17, 15) is 0 Å². The molecule has 0 spiro atoms. The van der Waals surface area contributed by atoms with Crippen LogP contribution in [0.4, 0.5) is 0 Å². The summed E-state index contributed by atoms with van der Waals surface area (Å²) in [5, 5.41) is 1.51. The molecule has 0 aromatic rings. The van der Waals surface area contributed by atoms with E-state index in [1.54, 1.807) is 18.6 Å². The van der Waals surface area contributed by atoms with E-state index in [1.807, 2.05) is 0 Å². The average molecular weight is 149 g/mol. The molecule has 2 aliphatic rings. The lowest BCUT2D eigenvalue weighted by molar-refractivity contribution is 0.422. The maximum Gasteiger partial charge on any atom is 0.196 e. The highest BCUT2D eigenvalue weighted by molar-refractivity contribution is 6.18. The topological polar surface area (TPSA) is 66.3 Å². The molecule has 0 radical (unpaired) electrons. The van der Waals surface area contributed by atoms with Gasteiger partial charge in [-0.1, -0.05) is 0 Å². The predicted octanol–water partition coefficient (Wildman–Crippen LogP) is -0.472. The van der Waals surface area contributed by atoms with Crippen LogP contribution in [0.15, 0.2) is 26.6 Å². The molecule has 0 bridgehead atoms. The van der Waals surface area contributed by atoms with Crippen LogP contribution in [0.5, 0.6) is 0 Å². The molecule has 11 heavy (non-hydrogen) atoms. The van der Waals surface area contributed by atoms with Crippen molar-refractivity contribution in [1.29, 1.82) is 0 Å². The Balaban J connectivity index is 2.38. The highest BCUT2D eigenvalue weighted by Crippen LogP contribution is 2.15. The molecule has 5 nitrogen and oxygen atoms in total. The Morgan fingerprint density at radius 2 is 2.00 bits per heavy atom. The summed E-state index contributed by atoms with van der Waals surface area (Å²) in [6.07, 6.45) is 4.96. The van der Waals surface area contributed by atoms with E-state index >= 15 is 0 Å². The summed E-state index contributed by atoms with van der Waals surface area (Å²) in [6, 6.07) is 0. The maximum atomic E-state index is 5.56. The molecule has 0 aliphatic carbocycles. The highest BCUT2D eigenvalue weighted by atomic mass is 15.5. The Kier molecular flexibility index (Phi) is 1.29. The third-order valence-corrected chi connectivity index (χ3v) is 1.42. The molecular formula is C6H7N5. The zero-order chi connectivity index (χ0) is 7.68. The number of hydrazine groups is 1. The van der Waals surface area contributed by atoms with Gasteiger partial charge < -0.3 is 0 Å². The Morgan fingerprint density at radius 3 is 2.55 bits per heavy atom. The van der Waals surface area contributed by atoms with Gasteiger partial charge >= 0.3 is 0 Å². The van der Waals surface area contributed by atoms with E-state index in [2.05, 4.69) is 15.0 Å². The Bertz CT molecular complexity index is 271. The van der Waals surface area contributed by atoms with Gasteiger partial charge in [-0.25, -0.2) is 20.8 Å². The summed E-state index contributed by atoms with van der Waals surface area (Å²) in [6.45, 7) is 0.629. The zero-order valence-electron chi connectivity index (χ0n) is 5.81. The van der Waals surface area contributed by atoms with Gasteiger partial charge in [-0.3, -0.25) is 5.01 Å². The molecule has 56 valence electrons. The van der Waals surface area contributed by atoms with E-state index in [0.29, 0.717) is 18.2 Å². The Morgan fingerprint density at radius 1 is 1.27 bits per heavy atom. The number of aliphatic imine (C=N–C) groups is 3. The van der Waals surface area contributed by atoms with Gasteiger partial charge in [-0.15, -0.1) is 0 Å². The zero-order valence-corrected chi connectivity index (χ0v) is 5.81. The Labute approximate surface area is 63.6 Å². The molecule has 0 saturated heterocycles. The molecular weight excluding hydrogens is 142 g/mol. The van der Waals surface area contributed by atoms with Crippen molar-refractivity contribution in [1.82, 2.24) is 5.01 Å². The maximum absolute atomic E-state index is 5.56. The van der Waals surface area contributed by atoms with Gasteiger partial charge in [-0.2, -0.15) is 0 Å². The smallest absolute Gasteiger partial charge is 0.196 e. The Hall–Kier alpha value is -1.49. The normalized spacial score (nSPS) is 21.0. The second kappa shape index (κ2) is 2.28. The number of hydrogen-bond acceptors (Lipinski definition) is 5. The second-order valence-corrected chi connectivity index (χ2v) is 2.17. The molecule has 0 aromatic carbocycles. The van der Waals surface area contributed by atoms with Crippen LogP contribution >= 0.6 is 0 Å². The molecule has 5 heteroatoms. The van der Waals surface area contributed by atoms with Crippen molar-refractivity contribution in [2.24, 2.45) is 20.8 Å². The van der Waals surface area contributed by atoms with Crippen LogP contribution in [0.3, 0.4) is 0 Å². The summed E-state index contributed by atoms with van der Waals surface area (Å²) in [5.74, 6) is 6.78. The van der Waals surface area contributed by atoms with Crippen LogP contribution in [0.2, 0.25) is 0 Å². The van der Waals surface area contributed by atoms with E-state index in [1.165, 1.54) is 5.01 Å². The minimum Gasteiger partial charge on any atom is -0.286 e.